The van der Waals surface area contributed by atoms with Gasteiger partial charge < -0.3 is 10.6 Å². The predicted molar refractivity (Wildman–Crippen MR) is 114 cm³/mol. The Bertz CT molecular complexity index is 939. The van der Waals surface area contributed by atoms with Crippen molar-refractivity contribution in [2.45, 2.75) is 31.2 Å². The quantitative estimate of drug-likeness (QED) is 0.666. The van der Waals surface area contributed by atoms with E-state index in [2.05, 4.69) is 51.0 Å². The van der Waals surface area contributed by atoms with Crippen molar-refractivity contribution in [2.75, 3.05) is 12.4 Å². The summed E-state index contributed by atoms with van der Waals surface area (Å²) in [6.07, 6.45) is 6.60. The Kier molecular flexibility index (Phi) is 6.49. The van der Waals surface area contributed by atoms with Gasteiger partial charge in [0.15, 0.2) is 5.13 Å². The van der Waals surface area contributed by atoms with Gasteiger partial charge in [0.05, 0.1) is 11.9 Å². The van der Waals surface area contributed by atoms with Gasteiger partial charge in [-0.15, -0.1) is 23.7 Å². The number of hydrogen-bond acceptors (Lipinski definition) is 5. The van der Waals surface area contributed by atoms with Crippen LogP contribution in [-0.2, 0) is 24.7 Å². The minimum atomic E-state index is -0.448. The van der Waals surface area contributed by atoms with Gasteiger partial charge in [0.1, 0.15) is 6.04 Å². The number of aromatic nitrogens is 3. The van der Waals surface area contributed by atoms with E-state index in [1.54, 1.807) is 29.3 Å². The van der Waals surface area contributed by atoms with Gasteiger partial charge in [-0.1, -0.05) is 30.3 Å². The SMILES string of the molecule is CNC(C(=O)Nc1nc2c(s1)CC(c1ccccc1)CC2)c1cnn(C)c1.Cl. The number of aryl methyl sites for hydroxylation is 2. The van der Waals surface area contributed by atoms with Gasteiger partial charge in [-0.2, -0.15) is 5.10 Å². The fraction of sp³-hybridized carbons (Fsp3) is 0.350. The Morgan fingerprint density at radius 3 is 2.79 bits per heavy atom. The summed E-state index contributed by atoms with van der Waals surface area (Å²) in [6, 6.07) is 10.2. The van der Waals surface area contributed by atoms with Crippen LogP contribution < -0.4 is 10.6 Å². The molecule has 148 valence electrons. The number of nitrogens with zero attached hydrogens (tertiary/aromatic N) is 3. The van der Waals surface area contributed by atoms with Crippen molar-refractivity contribution < 1.29 is 4.79 Å². The van der Waals surface area contributed by atoms with E-state index in [4.69, 9.17) is 0 Å². The molecule has 0 aliphatic heterocycles. The minimum absolute atomic E-state index is 0. The van der Waals surface area contributed by atoms with E-state index in [0.717, 1.165) is 30.5 Å². The molecule has 0 saturated carbocycles. The molecule has 1 aliphatic rings. The van der Waals surface area contributed by atoms with Gasteiger partial charge in [-0.3, -0.25) is 9.48 Å². The second-order valence-corrected chi connectivity index (χ2v) is 7.98. The van der Waals surface area contributed by atoms with Crippen molar-refractivity contribution in [1.82, 2.24) is 20.1 Å². The van der Waals surface area contributed by atoms with Crippen LogP contribution in [0.2, 0.25) is 0 Å². The molecule has 2 unspecified atom stereocenters. The maximum Gasteiger partial charge on any atom is 0.247 e. The smallest absolute Gasteiger partial charge is 0.247 e. The van der Waals surface area contributed by atoms with Crippen molar-refractivity contribution in [1.29, 1.82) is 0 Å². The van der Waals surface area contributed by atoms with E-state index in [9.17, 15) is 4.79 Å². The fourth-order valence-corrected chi connectivity index (χ4v) is 4.74. The molecule has 0 fully saturated rings. The summed E-state index contributed by atoms with van der Waals surface area (Å²) in [5.74, 6) is 0.416. The number of amides is 1. The van der Waals surface area contributed by atoms with Gasteiger partial charge in [0, 0.05) is 23.7 Å². The summed E-state index contributed by atoms with van der Waals surface area (Å²) < 4.78 is 1.69. The summed E-state index contributed by atoms with van der Waals surface area (Å²) >= 11 is 1.60. The first-order valence-corrected chi connectivity index (χ1v) is 9.96. The number of carbonyl (C=O) groups excluding carboxylic acids is 1. The van der Waals surface area contributed by atoms with Crippen LogP contribution in [0.25, 0.3) is 0 Å². The van der Waals surface area contributed by atoms with Crippen molar-refractivity contribution in [3.05, 3.63) is 64.4 Å². The van der Waals surface area contributed by atoms with Crippen LogP contribution in [0.4, 0.5) is 5.13 Å². The Morgan fingerprint density at radius 1 is 1.32 bits per heavy atom. The Labute approximate surface area is 174 Å². The molecular weight excluding hydrogens is 394 g/mol. The van der Waals surface area contributed by atoms with Gasteiger partial charge in [-0.05, 0) is 37.8 Å². The van der Waals surface area contributed by atoms with Crippen LogP contribution >= 0.6 is 23.7 Å². The number of anilines is 1. The van der Waals surface area contributed by atoms with Crippen LogP contribution in [0.15, 0.2) is 42.7 Å². The molecule has 28 heavy (non-hydrogen) atoms. The molecule has 0 saturated heterocycles. The number of fused-ring (bicyclic) bond motifs is 1. The molecule has 2 heterocycles. The van der Waals surface area contributed by atoms with E-state index < -0.39 is 6.04 Å². The lowest BCUT2D eigenvalue weighted by Crippen LogP contribution is -2.30. The highest BCUT2D eigenvalue weighted by Gasteiger charge is 2.26. The van der Waals surface area contributed by atoms with E-state index in [1.807, 2.05) is 13.2 Å². The molecule has 0 bridgehead atoms. The van der Waals surface area contributed by atoms with E-state index in [1.165, 1.54) is 10.4 Å². The number of likely N-dealkylation sites (N-methyl/N-ethyl adjacent to an activating group) is 1. The third-order valence-electron chi connectivity index (χ3n) is 5.05. The third kappa shape index (κ3) is 4.27. The molecule has 2 atom stereocenters. The normalized spacial score (nSPS) is 16.7. The number of thiazole rings is 1. The minimum Gasteiger partial charge on any atom is -0.305 e. The highest BCUT2D eigenvalue weighted by atomic mass is 35.5. The maximum atomic E-state index is 12.7. The molecule has 4 rings (SSSR count). The number of rotatable bonds is 5. The molecule has 2 aromatic heterocycles. The fourth-order valence-electron chi connectivity index (χ4n) is 3.65. The summed E-state index contributed by atoms with van der Waals surface area (Å²) in [7, 11) is 3.61. The predicted octanol–water partition coefficient (Wildman–Crippen LogP) is 3.47. The lowest BCUT2D eigenvalue weighted by molar-refractivity contribution is -0.118. The summed E-state index contributed by atoms with van der Waals surface area (Å²) in [5.41, 5.74) is 3.35. The topological polar surface area (TPSA) is 71.8 Å². The largest absolute Gasteiger partial charge is 0.305 e. The van der Waals surface area contributed by atoms with E-state index in [-0.39, 0.29) is 18.3 Å². The molecule has 2 N–H and O–H groups in total. The average Bonchev–Trinajstić information content (AvgIpc) is 3.28. The van der Waals surface area contributed by atoms with Gasteiger partial charge >= 0.3 is 0 Å². The number of benzene rings is 1. The van der Waals surface area contributed by atoms with Crippen LogP contribution in [0, 0.1) is 0 Å². The number of hydrogen-bond donors (Lipinski definition) is 2. The molecule has 1 amide bonds. The number of nitrogens with one attached hydrogen (secondary N) is 2. The van der Waals surface area contributed by atoms with Gasteiger partial charge in [0.25, 0.3) is 0 Å². The Morgan fingerprint density at radius 2 is 2.11 bits per heavy atom. The van der Waals surface area contributed by atoms with Crippen LogP contribution in [0.5, 0.6) is 0 Å². The number of halogens is 1. The molecule has 3 aromatic rings. The first-order valence-electron chi connectivity index (χ1n) is 9.14. The highest BCUT2D eigenvalue weighted by Crippen LogP contribution is 2.37. The third-order valence-corrected chi connectivity index (χ3v) is 6.09. The van der Waals surface area contributed by atoms with Crippen LogP contribution in [0.3, 0.4) is 0 Å². The summed E-state index contributed by atoms with van der Waals surface area (Å²) in [4.78, 5) is 18.7. The zero-order chi connectivity index (χ0) is 18.8. The first kappa shape index (κ1) is 20.5. The molecule has 6 nitrogen and oxygen atoms in total. The van der Waals surface area contributed by atoms with Crippen LogP contribution in [0.1, 0.15) is 40.1 Å². The average molecular weight is 418 g/mol. The molecular formula is C20H24ClN5OS. The molecule has 1 aromatic carbocycles. The van der Waals surface area contributed by atoms with Crippen molar-refractivity contribution in [3.63, 3.8) is 0 Å². The molecule has 8 heteroatoms. The second-order valence-electron chi connectivity index (χ2n) is 6.90. The van der Waals surface area contributed by atoms with Crippen LogP contribution in [-0.4, -0.2) is 27.7 Å². The number of carbonyl (C=O) groups is 1. The van der Waals surface area contributed by atoms with Crippen molar-refractivity contribution in [3.8, 4) is 0 Å². The summed E-state index contributed by atoms with van der Waals surface area (Å²) in [6.45, 7) is 0. The van der Waals surface area contributed by atoms with E-state index in [0.29, 0.717) is 11.0 Å². The van der Waals surface area contributed by atoms with Crippen molar-refractivity contribution in [2.24, 2.45) is 7.05 Å². The molecule has 0 radical (unpaired) electrons. The lowest BCUT2D eigenvalue weighted by Gasteiger charge is -2.21. The second kappa shape index (κ2) is 8.86. The maximum absolute atomic E-state index is 12.7. The summed E-state index contributed by atoms with van der Waals surface area (Å²) in [5, 5.41) is 10.9. The standard InChI is InChI=1S/C20H23N5OS.ClH/c1-21-18(15-11-22-25(2)12-15)19(26)24-20-23-16-9-8-14(10-17(16)27-20)13-6-4-3-5-7-13;/h3-7,11-12,14,18,21H,8-10H2,1-2H3,(H,23,24,26);1H. The first-order chi connectivity index (χ1) is 13.1. The Hall–Kier alpha value is -2.22. The lowest BCUT2D eigenvalue weighted by atomic mass is 9.85. The zero-order valence-electron chi connectivity index (χ0n) is 15.9. The van der Waals surface area contributed by atoms with Gasteiger partial charge in [-0.25, -0.2) is 4.98 Å². The zero-order valence-corrected chi connectivity index (χ0v) is 17.5. The molecule has 0 spiro atoms. The highest BCUT2D eigenvalue weighted by molar-refractivity contribution is 7.15. The monoisotopic (exact) mass is 417 g/mol. The molecule has 1 aliphatic carbocycles. The Balaban J connectivity index is 0.00000225. The van der Waals surface area contributed by atoms with E-state index >= 15 is 0 Å². The van der Waals surface area contributed by atoms with Crippen molar-refractivity contribution >= 4 is 34.8 Å². The van der Waals surface area contributed by atoms with Gasteiger partial charge in [0.2, 0.25) is 5.91 Å².